The number of alkyl halides is 1. The van der Waals surface area contributed by atoms with Gasteiger partial charge in [0.15, 0.2) is 5.75 Å². The Kier molecular flexibility index (Phi) is 2.06. The molecule has 2 rings (SSSR count). The number of hydrogen-bond donors (Lipinski definition) is 1. The second kappa shape index (κ2) is 3.12. The molecule has 1 unspecified atom stereocenters. The van der Waals surface area contributed by atoms with E-state index in [9.17, 15) is 14.3 Å². The molecule has 0 aromatic carbocycles. The minimum Gasteiger partial charge on any atom is -0.503 e. The molecule has 14 heavy (non-hydrogen) atoms. The van der Waals surface area contributed by atoms with E-state index in [-0.39, 0.29) is 11.8 Å². The van der Waals surface area contributed by atoms with Gasteiger partial charge in [-0.1, -0.05) is 0 Å². The Labute approximate surface area is 80.8 Å². The summed E-state index contributed by atoms with van der Waals surface area (Å²) in [4.78, 5) is 11.1. The maximum atomic E-state index is 13.2. The number of nitrogens with zero attached hydrogens (tertiary/aromatic N) is 1. The monoisotopic (exact) mass is 197 g/mol. The molecule has 0 aliphatic heterocycles. The van der Waals surface area contributed by atoms with Crippen LogP contribution in [0, 0.1) is 0 Å². The van der Waals surface area contributed by atoms with Crippen LogP contribution in [0.4, 0.5) is 4.39 Å². The third kappa shape index (κ3) is 1.52. The van der Waals surface area contributed by atoms with E-state index in [0.29, 0.717) is 5.69 Å². The zero-order valence-electron chi connectivity index (χ0n) is 7.90. The van der Waals surface area contributed by atoms with Crippen molar-refractivity contribution in [3.63, 3.8) is 0 Å². The van der Waals surface area contributed by atoms with Gasteiger partial charge in [0.25, 0.3) is 0 Å². The van der Waals surface area contributed by atoms with Crippen molar-refractivity contribution in [3.05, 3.63) is 28.2 Å². The summed E-state index contributed by atoms with van der Waals surface area (Å²) in [6.07, 6.45) is 2.14. The van der Waals surface area contributed by atoms with Crippen LogP contribution in [0.5, 0.6) is 5.75 Å². The first-order valence-electron chi connectivity index (χ1n) is 4.68. The highest BCUT2D eigenvalue weighted by molar-refractivity contribution is 5.23. The number of aromatic hydroxyl groups is 1. The molecule has 0 radical (unpaired) electrons. The number of pyridine rings is 1. The van der Waals surface area contributed by atoms with Gasteiger partial charge in [0, 0.05) is 12.1 Å². The first kappa shape index (κ1) is 9.24. The summed E-state index contributed by atoms with van der Waals surface area (Å²) in [6.45, 7) is 1.39. The quantitative estimate of drug-likeness (QED) is 0.787. The van der Waals surface area contributed by atoms with E-state index >= 15 is 0 Å². The molecule has 3 nitrogen and oxygen atoms in total. The van der Waals surface area contributed by atoms with Gasteiger partial charge in [-0.05, 0) is 19.8 Å². The fraction of sp³-hybridized carbons (Fsp3) is 0.500. The van der Waals surface area contributed by atoms with Gasteiger partial charge >= 0.3 is 0 Å². The summed E-state index contributed by atoms with van der Waals surface area (Å²) in [7, 11) is 0. The Hall–Kier alpha value is -1.32. The lowest BCUT2D eigenvalue weighted by Crippen LogP contribution is -2.11. The Morgan fingerprint density at radius 3 is 2.79 bits per heavy atom. The van der Waals surface area contributed by atoms with E-state index in [1.165, 1.54) is 19.2 Å². The average molecular weight is 197 g/mol. The lowest BCUT2D eigenvalue weighted by molar-refractivity contribution is 0.348. The number of hydrogen-bond acceptors (Lipinski definition) is 2. The van der Waals surface area contributed by atoms with Crippen molar-refractivity contribution in [1.82, 2.24) is 4.57 Å². The summed E-state index contributed by atoms with van der Waals surface area (Å²) in [5.41, 5.74) is -0.156. The van der Waals surface area contributed by atoms with Gasteiger partial charge in [-0.3, -0.25) is 4.79 Å². The molecule has 0 saturated heterocycles. The molecule has 1 aliphatic carbocycles. The van der Waals surface area contributed by atoms with Crippen molar-refractivity contribution in [3.8, 4) is 5.75 Å². The molecule has 76 valence electrons. The second-order valence-electron chi connectivity index (χ2n) is 3.70. The van der Waals surface area contributed by atoms with Crippen molar-refractivity contribution < 1.29 is 9.50 Å². The molecule has 1 atom stereocenters. The Bertz CT molecular complexity index is 407. The van der Waals surface area contributed by atoms with Gasteiger partial charge in [-0.15, -0.1) is 0 Å². The molecule has 1 aromatic rings. The van der Waals surface area contributed by atoms with E-state index in [1.807, 2.05) is 0 Å². The summed E-state index contributed by atoms with van der Waals surface area (Å²) >= 11 is 0. The number of rotatable bonds is 2. The zero-order chi connectivity index (χ0) is 10.3. The molecule has 1 N–H and O–H groups in total. The lowest BCUT2D eigenvalue weighted by Gasteiger charge is -2.13. The normalized spacial score (nSPS) is 18.1. The van der Waals surface area contributed by atoms with Crippen LogP contribution in [0.25, 0.3) is 0 Å². The van der Waals surface area contributed by atoms with Crippen LogP contribution < -0.4 is 5.43 Å². The molecule has 0 bridgehead atoms. The summed E-state index contributed by atoms with van der Waals surface area (Å²) in [5.74, 6) is -0.304. The summed E-state index contributed by atoms with van der Waals surface area (Å²) in [5, 5.41) is 9.23. The zero-order valence-corrected chi connectivity index (χ0v) is 7.90. The van der Waals surface area contributed by atoms with Crippen molar-refractivity contribution >= 4 is 0 Å². The SMILES string of the molecule is CC(F)c1cc(=O)c(O)cn1C1CC1. The van der Waals surface area contributed by atoms with Gasteiger partial charge in [-0.2, -0.15) is 0 Å². The second-order valence-corrected chi connectivity index (χ2v) is 3.70. The predicted molar refractivity (Wildman–Crippen MR) is 50.2 cm³/mol. The van der Waals surface area contributed by atoms with Gasteiger partial charge in [0.1, 0.15) is 6.17 Å². The molecule has 1 fully saturated rings. The standard InChI is InChI=1S/C10H12FNO2/c1-6(11)8-4-9(13)10(14)5-12(8)7-2-3-7/h4-7,14H,2-3H2,1H3. The Balaban J connectivity index is 2.54. The van der Waals surface area contributed by atoms with Crippen LogP contribution in [0.15, 0.2) is 17.1 Å². The van der Waals surface area contributed by atoms with E-state index < -0.39 is 11.6 Å². The molecule has 0 spiro atoms. The van der Waals surface area contributed by atoms with Crippen LogP contribution in [-0.4, -0.2) is 9.67 Å². The summed E-state index contributed by atoms with van der Waals surface area (Å²) in [6, 6.07) is 1.44. The van der Waals surface area contributed by atoms with Crippen molar-refractivity contribution in [2.24, 2.45) is 0 Å². The van der Waals surface area contributed by atoms with E-state index in [1.54, 1.807) is 4.57 Å². The maximum absolute atomic E-state index is 13.2. The van der Waals surface area contributed by atoms with Gasteiger partial charge in [0.05, 0.1) is 11.9 Å². The Morgan fingerprint density at radius 1 is 1.64 bits per heavy atom. The molecule has 1 aromatic heterocycles. The van der Waals surface area contributed by atoms with E-state index in [0.717, 1.165) is 12.8 Å². The van der Waals surface area contributed by atoms with Crippen LogP contribution in [0.3, 0.4) is 0 Å². The molecule has 1 saturated carbocycles. The van der Waals surface area contributed by atoms with Gasteiger partial charge < -0.3 is 9.67 Å². The highest BCUT2D eigenvalue weighted by Crippen LogP contribution is 2.37. The first-order chi connectivity index (χ1) is 6.59. The van der Waals surface area contributed by atoms with Crippen LogP contribution in [0.1, 0.15) is 37.7 Å². The van der Waals surface area contributed by atoms with Crippen LogP contribution in [0.2, 0.25) is 0 Å². The van der Waals surface area contributed by atoms with E-state index in [4.69, 9.17) is 0 Å². The molecule has 0 amide bonds. The predicted octanol–water partition coefficient (Wildman–Crippen LogP) is 1.92. The molecule has 1 aliphatic rings. The van der Waals surface area contributed by atoms with Gasteiger partial charge in [-0.25, -0.2) is 4.39 Å². The third-order valence-electron chi connectivity index (χ3n) is 2.44. The molecule has 1 heterocycles. The highest BCUT2D eigenvalue weighted by Gasteiger charge is 2.26. The van der Waals surface area contributed by atoms with Crippen molar-refractivity contribution in [1.29, 1.82) is 0 Å². The Morgan fingerprint density at radius 2 is 2.29 bits per heavy atom. The lowest BCUT2D eigenvalue weighted by atomic mass is 10.2. The molecule has 4 heteroatoms. The molecular weight excluding hydrogens is 185 g/mol. The third-order valence-corrected chi connectivity index (χ3v) is 2.44. The number of halogens is 1. The summed E-state index contributed by atoms with van der Waals surface area (Å²) < 4.78 is 14.8. The van der Waals surface area contributed by atoms with E-state index in [2.05, 4.69) is 0 Å². The largest absolute Gasteiger partial charge is 0.503 e. The van der Waals surface area contributed by atoms with Crippen molar-refractivity contribution in [2.75, 3.05) is 0 Å². The average Bonchev–Trinajstić information content (AvgIpc) is 2.91. The van der Waals surface area contributed by atoms with Crippen LogP contribution in [-0.2, 0) is 0 Å². The minimum atomic E-state index is -1.18. The smallest absolute Gasteiger partial charge is 0.223 e. The number of aromatic nitrogens is 1. The fourth-order valence-corrected chi connectivity index (χ4v) is 1.54. The van der Waals surface area contributed by atoms with Crippen LogP contribution >= 0.6 is 0 Å². The van der Waals surface area contributed by atoms with Gasteiger partial charge in [0.2, 0.25) is 5.43 Å². The first-order valence-corrected chi connectivity index (χ1v) is 4.68. The topological polar surface area (TPSA) is 42.2 Å². The van der Waals surface area contributed by atoms with Crippen molar-refractivity contribution in [2.45, 2.75) is 32.0 Å². The fourth-order valence-electron chi connectivity index (χ4n) is 1.54. The maximum Gasteiger partial charge on any atom is 0.223 e. The minimum absolute atomic E-state index is 0.259. The molecular formula is C10H12FNO2. The highest BCUT2D eigenvalue weighted by atomic mass is 19.1.